The van der Waals surface area contributed by atoms with Gasteiger partial charge < -0.3 is 0 Å². The van der Waals surface area contributed by atoms with Gasteiger partial charge in [-0.25, -0.2) is 9.97 Å². The van der Waals surface area contributed by atoms with Gasteiger partial charge in [0, 0.05) is 21.7 Å². The average Bonchev–Trinajstić information content (AvgIpc) is 2.68. The minimum atomic E-state index is 0.690. The molecule has 0 radical (unpaired) electrons. The molecule has 2 aromatic heterocycles. The van der Waals surface area contributed by atoms with Gasteiger partial charge in [0.1, 0.15) is 0 Å². The van der Waals surface area contributed by atoms with E-state index in [1.165, 1.54) is 0 Å². The summed E-state index contributed by atoms with van der Waals surface area (Å²) in [7, 11) is 0. The monoisotopic (exact) mass is 374 g/mol. The molecule has 2 heterocycles. The van der Waals surface area contributed by atoms with E-state index in [1.807, 2.05) is 72.8 Å². The van der Waals surface area contributed by atoms with Crippen LogP contribution in [0.4, 0.5) is 0 Å². The molecule has 0 saturated heterocycles. The van der Waals surface area contributed by atoms with Crippen LogP contribution in [0.3, 0.4) is 0 Å². The number of nitrogens with zero attached hydrogens (tertiary/aromatic N) is 2. The minimum absolute atomic E-state index is 0.690. The first-order chi connectivity index (χ1) is 12.7. The lowest BCUT2D eigenvalue weighted by atomic mass is 10.1. The van der Waals surface area contributed by atoms with Gasteiger partial charge in [-0.05, 0) is 24.3 Å². The molecule has 5 aromatic rings. The Morgan fingerprint density at radius 2 is 1.23 bits per heavy atom. The molecule has 0 aliphatic rings. The smallest absolute Gasteiger partial charge is 0.0731 e. The first kappa shape index (κ1) is 15.6. The highest BCUT2D eigenvalue weighted by Crippen LogP contribution is 2.34. The molecule has 0 amide bonds. The molecule has 124 valence electrons. The summed E-state index contributed by atoms with van der Waals surface area (Å²) >= 11 is 13.1. The van der Waals surface area contributed by atoms with Gasteiger partial charge in [-0.2, -0.15) is 0 Å². The summed E-state index contributed by atoms with van der Waals surface area (Å²) in [6.45, 7) is 0. The van der Waals surface area contributed by atoms with E-state index in [4.69, 9.17) is 33.2 Å². The van der Waals surface area contributed by atoms with Crippen LogP contribution in [-0.2, 0) is 0 Å². The molecule has 0 aliphatic carbocycles. The Bertz CT molecular complexity index is 1310. The predicted molar refractivity (Wildman–Crippen MR) is 110 cm³/mol. The molecule has 0 unspecified atom stereocenters. The molecule has 5 rings (SSSR count). The Hall–Kier alpha value is -2.68. The van der Waals surface area contributed by atoms with Gasteiger partial charge >= 0.3 is 0 Å². The van der Waals surface area contributed by atoms with Crippen LogP contribution >= 0.6 is 23.2 Å². The average molecular weight is 375 g/mol. The van der Waals surface area contributed by atoms with E-state index in [0.29, 0.717) is 5.02 Å². The zero-order valence-corrected chi connectivity index (χ0v) is 15.1. The van der Waals surface area contributed by atoms with Crippen molar-refractivity contribution in [3.63, 3.8) is 0 Å². The highest BCUT2D eigenvalue weighted by molar-refractivity contribution is 6.40. The Morgan fingerprint density at radius 1 is 0.577 bits per heavy atom. The van der Waals surface area contributed by atoms with E-state index in [1.54, 1.807) is 0 Å². The summed E-state index contributed by atoms with van der Waals surface area (Å²) in [5, 5.41) is 4.25. The van der Waals surface area contributed by atoms with Gasteiger partial charge in [0.05, 0.1) is 32.3 Å². The second kappa shape index (κ2) is 5.94. The van der Waals surface area contributed by atoms with Crippen LogP contribution in [0.5, 0.6) is 0 Å². The second-order valence-corrected chi connectivity index (χ2v) is 6.97. The van der Waals surface area contributed by atoms with Crippen molar-refractivity contribution >= 4 is 55.9 Å². The summed E-state index contributed by atoms with van der Waals surface area (Å²) in [5.74, 6) is 0. The van der Waals surface area contributed by atoms with Crippen molar-refractivity contribution in [2.45, 2.75) is 0 Å². The van der Waals surface area contributed by atoms with Gasteiger partial charge in [-0.1, -0.05) is 71.7 Å². The number of fused-ring (bicyclic) bond motifs is 3. The predicted octanol–water partition coefficient (Wildman–Crippen LogP) is 6.91. The zero-order chi connectivity index (χ0) is 17.7. The molecule has 0 spiro atoms. The topological polar surface area (TPSA) is 25.8 Å². The standard InChI is InChI=1S/C22H12Cl2N2/c23-17-12-20(25-18-7-3-1-5-14(17)18)13-9-10-16-21(11-13)26-19-8-4-2-6-15(19)22(16)24/h1-12H. The van der Waals surface area contributed by atoms with Crippen molar-refractivity contribution in [3.8, 4) is 11.3 Å². The molecule has 0 fully saturated rings. The van der Waals surface area contributed by atoms with Gasteiger partial charge in [0.15, 0.2) is 0 Å². The third kappa shape index (κ3) is 2.42. The Labute approximate surface area is 160 Å². The van der Waals surface area contributed by atoms with Gasteiger partial charge in [0.2, 0.25) is 0 Å². The fraction of sp³-hybridized carbons (Fsp3) is 0. The number of halogens is 2. The minimum Gasteiger partial charge on any atom is -0.248 e. The quantitative estimate of drug-likeness (QED) is 0.298. The molecule has 2 nitrogen and oxygen atoms in total. The molecular weight excluding hydrogens is 363 g/mol. The summed E-state index contributed by atoms with van der Waals surface area (Å²) in [6.07, 6.45) is 0. The van der Waals surface area contributed by atoms with Crippen molar-refractivity contribution < 1.29 is 0 Å². The SMILES string of the molecule is Clc1cc(-c2ccc3c(Cl)c4ccccc4nc3c2)nc2ccccc12. The van der Waals surface area contributed by atoms with Crippen LogP contribution in [-0.4, -0.2) is 9.97 Å². The largest absolute Gasteiger partial charge is 0.248 e. The van der Waals surface area contributed by atoms with Crippen molar-refractivity contribution in [2.24, 2.45) is 0 Å². The van der Waals surface area contributed by atoms with Crippen LogP contribution in [0.25, 0.3) is 44.0 Å². The number of pyridine rings is 2. The van der Waals surface area contributed by atoms with Crippen LogP contribution in [0.2, 0.25) is 10.0 Å². The molecule has 0 N–H and O–H groups in total. The number of hydrogen-bond donors (Lipinski definition) is 0. The van der Waals surface area contributed by atoms with Gasteiger partial charge in [-0.15, -0.1) is 0 Å². The number of benzene rings is 3. The van der Waals surface area contributed by atoms with Crippen LogP contribution in [0, 0.1) is 0 Å². The van der Waals surface area contributed by atoms with Crippen LogP contribution in [0.15, 0.2) is 72.8 Å². The number of para-hydroxylation sites is 2. The van der Waals surface area contributed by atoms with E-state index in [2.05, 4.69) is 0 Å². The molecule has 4 heteroatoms. The lowest BCUT2D eigenvalue weighted by Crippen LogP contribution is -1.89. The molecule has 26 heavy (non-hydrogen) atoms. The molecular formula is C22H12Cl2N2. The van der Waals surface area contributed by atoms with E-state index in [9.17, 15) is 0 Å². The Balaban J connectivity index is 1.76. The third-order valence-corrected chi connectivity index (χ3v) is 5.30. The zero-order valence-electron chi connectivity index (χ0n) is 13.6. The third-order valence-electron chi connectivity index (χ3n) is 4.58. The molecule has 3 aromatic carbocycles. The molecule has 0 aliphatic heterocycles. The van der Waals surface area contributed by atoms with Crippen molar-refractivity contribution in [1.29, 1.82) is 0 Å². The normalized spacial score (nSPS) is 11.5. The number of hydrogen-bond acceptors (Lipinski definition) is 2. The van der Waals surface area contributed by atoms with Crippen LogP contribution < -0.4 is 0 Å². The maximum Gasteiger partial charge on any atom is 0.0731 e. The molecule has 0 atom stereocenters. The maximum atomic E-state index is 6.60. The first-order valence-corrected chi connectivity index (χ1v) is 9.00. The summed E-state index contributed by atoms with van der Waals surface area (Å²) in [6, 6.07) is 23.7. The lowest BCUT2D eigenvalue weighted by molar-refractivity contribution is 1.40. The number of rotatable bonds is 1. The van der Waals surface area contributed by atoms with Crippen molar-refractivity contribution in [3.05, 3.63) is 82.8 Å². The Kier molecular flexibility index (Phi) is 3.56. The highest BCUT2D eigenvalue weighted by Gasteiger charge is 2.10. The number of aromatic nitrogens is 2. The first-order valence-electron chi connectivity index (χ1n) is 8.24. The highest BCUT2D eigenvalue weighted by atomic mass is 35.5. The van der Waals surface area contributed by atoms with E-state index < -0.39 is 0 Å². The van der Waals surface area contributed by atoms with Crippen molar-refractivity contribution in [2.75, 3.05) is 0 Å². The summed E-state index contributed by atoms with van der Waals surface area (Å²) in [4.78, 5) is 9.52. The van der Waals surface area contributed by atoms with Crippen LogP contribution in [0.1, 0.15) is 0 Å². The molecule has 0 saturated carbocycles. The molecule has 0 bridgehead atoms. The van der Waals surface area contributed by atoms with Crippen molar-refractivity contribution in [1.82, 2.24) is 9.97 Å². The summed E-state index contributed by atoms with van der Waals surface area (Å²) < 4.78 is 0. The van der Waals surface area contributed by atoms with E-state index in [-0.39, 0.29) is 0 Å². The fourth-order valence-electron chi connectivity index (χ4n) is 3.28. The Morgan fingerprint density at radius 3 is 2.04 bits per heavy atom. The maximum absolute atomic E-state index is 6.60. The lowest BCUT2D eigenvalue weighted by Gasteiger charge is -2.09. The van der Waals surface area contributed by atoms with E-state index in [0.717, 1.165) is 49.0 Å². The fourth-order valence-corrected chi connectivity index (χ4v) is 3.86. The summed E-state index contributed by atoms with van der Waals surface area (Å²) in [5.41, 5.74) is 4.38. The van der Waals surface area contributed by atoms with Gasteiger partial charge in [0.25, 0.3) is 0 Å². The van der Waals surface area contributed by atoms with Gasteiger partial charge in [-0.3, -0.25) is 0 Å². The second-order valence-electron chi connectivity index (χ2n) is 6.18. The van der Waals surface area contributed by atoms with E-state index >= 15 is 0 Å².